The number of aromatic nitrogens is 2. The SMILES string of the molecule is Cc1cccc(Sc2ccn[nH]2)c1C. The molecule has 2 rings (SSSR count). The molecule has 3 heteroatoms. The van der Waals surface area contributed by atoms with Gasteiger partial charge in [-0.05, 0) is 37.1 Å². The van der Waals surface area contributed by atoms with Crippen LogP contribution in [0.5, 0.6) is 0 Å². The van der Waals surface area contributed by atoms with Crippen molar-refractivity contribution in [2.75, 3.05) is 0 Å². The number of hydrogen-bond acceptors (Lipinski definition) is 2. The molecule has 1 heterocycles. The average Bonchev–Trinajstić information content (AvgIpc) is 2.66. The molecule has 1 aromatic carbocycles. The zero-order valence-corrected chi connectivity index (χ0v) is 9.06. The lowest BCUT2D eigenvalue weighted by Crippen LogP contribution is -1.84. The number of nitrogens with zero attached hydrogens (tertiary/aromatic N) is 1. The Morgan fingerprint density at radius 1 is 1.21 bits per heavy atom. The van der Waals surface area contributed by atoms with Crippen molar-refractivity contribution in [2.24, 2.45) is 0 Å². The second kappa shape index (κ2) is 3.88. The molecule has 1 N–H and O–H groups in total. The van der Waals surface area contributed by atoms with Gasteiger partial charge in [-0.15, -0.1) is 0 Å². The second-order valence-corrected chi connectivity index (χ2v) is 4.30. The van der Waals surface area contributed by atoms with Crippen LogP contribution in [0.1, 0.15) is 11.1 Å². The van der Waals surface area contributed by atoms with Gasteiger partial charge in [0.05, 0.1) is 5.03 Å². The van der Waals surface area contributed by atoms with Crippen LogP contribution in [0, 0.1) is 13.8 Å². The molecular weight excluding hydrogens is 192 g/mol. The minimum Gasteiger partial charge on any atom is -0.272 e. The highest BCUT2D eigenvalue weighted by atomic mass is 32.2. The van der Waals surface area contributed by atoms with Gasteiger partial charge in [0.25, 0.3) is 0 Å². The van der Waals surface area contributed by atoms with Crippen LogP contribution >= 0.6 is 11.8 Å². The summed E-state index contributed by atoms with van der Waals surface area (Å²) >= 11 is 1.72. The van der Waals surface area contributed by atoms with E-state index in [1.54, 1.807) is 18.0 Å². The third-order valence-electron chi connectivity index (χ3n) is 2.25. The van der Waals surface area contributed by atoms with Crippen molar-refractivity contribution in [1.82, 2.24) is 10.2 Å². The van der Waals surface area contributed by atoms with E-state index in [0.29, 0.717) is 0 Å². The van der Waals surface area contributed by atoms with Gasteiger partial charge in [-0.1, -0.05) is 23.9 Å². The number of aromatic amines is 1. The molecule has 0 aliphatic heterocycles. The molecule has 0 radical (unpaired) electrons. The van der Waals surface area contributed by atoms with Gasteiger partial charge >= 0.3 is 0 Å². The summed E-state index contributed by atoms with van der Waals surface area (Å²) in [6.07, 6.45) is 1.77. The third kappa shape index (κ3) is 1.82. The van der Waals surface area contributed by atoms with Crippen LogP contribution in [0.3, 0.4) is 0 Å². The van der Waals surface area contributed by atoms with Gasteiger partial charge in [-0.25, -0.2) is 0 Å². The van der Waals surface area contributed by atoms with E-state index in [-0.39, 0.29) is 0 Å². The van der Waals surface area contributed by atoms with Crippen molar-refractivity contribution in [1.29, 1.82) is 0 Å². The Hall–Kier alpha value is -1.22. The van der Waals surface area contributed by atoms with Gasteiger partial charge in [0.1, 0.15) is 0 Å². The molecule has 2 nitrogen and oxygen atoms in total. The summed E-state index contributed by atoms with van der Waals surface area (Å²) < 4.78 is 0. The lowest BCUT2D eigenvalue weighted by atomic mass is 10.1. The number of H-pyrrole nitrogens is 1. The van der Waals surface area contributed by atoms with Crippen LogP contribution in [0.15, 0.2) is 40.4 Å². The van der Waals surface area contributed by atoms with Crippen LogP contribution in [-0.4, -0.2) is 10.2 Å². The quantitative estimate of drug-likeness (QED) is 0.814. The molecule has 0 aliphatic rings. The lowest BCUT2D eigenvalue weighted by molar-refractivity contribution is 1.00. The normalized spacial score (nSPS) is 10.4. The first kappa shape index (κ1) is 9.34. The Kier molecular flexibility index (Phi) is 2.59. The molecule has 0 spiro atoms. The summed E-state index contributed by atoms with van der Waals surface area (Å²) in [5.41, 5.74) is 2.67. The molecule has 0 aliphatic carbocycles. The highest BCUT2D eigenvalue weighted by Gasteiger charge is 2.03. The number of benzene rings is 1. The Morgan fingerprint density at radius 2 is 2.07 bits per heavy atom. The third-order valence-corrected chi connectivity index (χ3v) is 3.36. The summed E-state index contributed by atoms with van der Waals surface area (Å²) in [6.45, 7) is 4.28. The van der Waals surface area contributed by atoms with Crippen molar-refractivity contribution in [3.8, 4) is 0 Å². The number of hydrogen-bond donors (Lipinski definition) is 1. The fraction of sp³-hybridized carbons (Fsp3) is 0.182. The maximum absolute atomic E-state index is 3.92. The summed E-state index contributed by atoms with van der Waals surface area (Å²) in [5.74, 6) is 0. The minimum absolute atomic E-state index is 1.08. The maximum Gasteiger partial charge on any atom is 0.0955 e. The largest absolute Gasteiger partial charge is 0.272 e. The molecule has 0 atom stereocenters. The number of rotatable bonds is 2. The zero-order chi connectivity index (χ0) is 9.97. The molecule has 14 heavy (non-hydrogen) atoms. The fourth-order valence-electron chi connectivity index (χ4n) is 1.25. The van der Waals surface area contributed by atoms with Gasteiger partial charge < -0.3 is 0 Å². The van der Waals surface area contributed by atoms with E-state index in [4.69, 9.17) is 0 Å². The van der Waals surface area contributed by atoms with E-state index in [1.165, 1.54) is 16.0 Å². The van der Waals surface area contributed by atoms with Crippen molar-refractivity contribution < 1.29 is 0 Å². The van der Waals surface area contributed by atoms with E-state index in [1.807, 2.05) is 6.07 Å². The Balaban J connectivity index is 2.29. The number of nitrogens with one attached hydrogen (secondary N) is 1. The van der Waals surface area contributed by atoms with Gasteiger partial charge in [-0.3, -0.25) is 5.10 Å². The maximum atomic E-state index is 3.92. The predicted octanol–water partition coefficient (Wildman–Crippen LogP) is 3.18. The Bertz CT molecular complexity index is 421. The molecule has 0 amide bonds. The second-order valence-electron chi connectivity index (χ2n) is 3.22. The van der Waals surface area contributed by atoms with Crippen LogP contribution < -0.4 is 0 Å². The predicted molar refractivity (Wildman–Crippen MR) is 58.6 cm³/mol. The van der Waals surface area contributed by atoms with Crippen LogP contribution in [0.2, 0.25) is 0 Å². The lowest BCUT2D eigenvalue weighted by Gasteiger charge is -2.05. The highest BCUT2D eigenvalue weighted by Crippen LogP contribution is 2.29. The van der Waals surface area contributed by atoms with Crippen molar-refractivity contribution in [3.05, 3.63) is 41.6 Å². The van der Waals surface area contributed by atoms with E-state index >= 15 is 0 Å². The summed E-state index contributed by atoms with van der Waals surface area (Å²) in [5, 5.41) is 7.95. The van der Waals surface area contributed by atoms with E-state index in [0.717, 1.165) is 5.03 Å². The first-order valence-corrected chi connectivity index (χ1v) is 5.32. The van der Waals surface area contributed by atoms with E-state index in [9.17, 15) is 0 Å². The molecule has 0 bridgehead atoms. The smallest absolute Gasteiger partial charge is 0.0955 e. The van der Waals surface area contributed by atoms with Crippen molar-refractivity contribution >= 4 is 11.8 Å². The van der Waals surface area contributed by atoms with E-state index in [2.05, 4.69) is 42.2 Å². The van der Waals surface area contributed by atoms with Gasteiger partial charge in [0.15, 0.2) is 0 Å². The fourth-order valence-corrected chi connectivity index (χ4v) is 2.18. The standard InChI is InChI=1S/C11H12N2S/c1-8-4-3-5-10(9(8)2)14-11-6-7-12-13-11/h3-7H,1-2H3,(H,12,13). The molecular formula is C11H12N2S. The van der Waals surface area contributed by atoms with Gasteiger partial charge in [0, 0.05) is 11.1 Å². The topological polar surface area (TPSA) is 28.7 Å². The monoisotopic (exact) mass is 204 g/mol. The molecule has 72 valence electrons. The van der Waals surface area contributed by atoms with Gasteiger partial charge in [-0.2, -0.15) is 5.10 Å². The van der Waals surface area contributed by atoms with Crippen molar-refractivity contribution in [3.63, 3.8) is 0 Å². The van der Waals surface area contributed by atoms with Gasteiger partial charge in [0.2, 0.25) is 0 Å². The molecule has 0 unspecified atom stereocenters. The minimum atomic E-state index is 1.08. The van der Waals surface area contributed by atoms with Crippen LogP contribution in [0.25, 0.3) is 0 Å². The van der Waals surface area contributed by atoms with Crippen LogP contribution in [0.4, 0.5) is 0 Å². The molecule has 0 saturated carbocycles. The first-order chi connectivity index (χ1) is 6.77. The summed E-state index contributed by atoms with van der Waals surface area (Å²) in [7, 11) is 0. The number of aryl methyl sites for hydroxylation is 1. The average molecular weight is 204 g/mol. The zero-order valence-electron chi connectivity index (χ0n) is 8.24. The Labute approximate surface area is 87.7 Å². The van der Waals surface area contributed by atoms with Crippen molar-refractivity contribution in [2.45, 2.75) is 23.8 Å². The summed E-state index contributed by atoms with van der Waals surface area (Å²) in [6, 6.07) is 8.33. The van der Waals surface area contributed by atoms with Crippen LogP contribution in [-0.2, 0) is 0 Å². The molecule has 0 fully saturated rings. The first-order valence-electron chi connectivity index (χ1n) is 4.51. The van der Waals surface area contributed by atoms with E-state index < -0.39 is 0 Å². The molecule has 2 aromatic rings. The summed E-state index contributed by atoms with van der Waals surface area (Å²) in [4.78, 5) is 1.29. The highest BCUT2D eigenvalue weighted by molar-refractivity contribution is 7.99. The Morgan fingerprint density at radius 3 is 2.79 bits per heavy atom. The molecule has 0 saturated heterocycles. The molecule has 1 aromatic heterocycles.